The van der Waals surface area contributed by atoms with Gasteiger partial charge in [0.2, 0.25) is 5.91 Å². The number of rotatable bonds is 7. The Balaban J connectivity index is 2.06. The number of carbonyl (C=O) groups excluding carboxylic acids is 1. The molecule has 0 aliphatic carbocycles. The first-order valence-corrected chi connectivity index (χ1v) is 9.04. The van der Waals surface area contributed by atoms with Gasteiger partial charge in [0.25, 0.3) is 5.69 Å². The van der Waals surface area contributed by atoms with Gasteiger partial charge in [-0.15, -0.1) is 0 Å². The molecule has 1 amide bonds. The largest absolute Gasteiger partial charge is 0.494 e. The standard InChI is InChI=1S/C16H13ClF3N3O4S/c1-2-27-10-3-4-12(13(6-10)23(25)26)22-14(24)8-28-15-11(17)5-9(7-21-15)16(18,19)20/h3-7H,2,8H2,1H3,(H,22,24). The molecule has 0 unspecified atom stereocenters. The second-order valence-corrected chi connectivity index (χ2v) is 6.59. The van der Waals surface area contributed by atoms with Gasteiger partial charge in [0, 0.05) is 6.20 Å². The molecule has 1 heterocycles. The van der Waals surface area contributed by atoms with Crippen LogP contribution >= 0.6 is 23.4 Å². The fraction of sp³-hybridized carbons (Fsp3) is 0.250. The van der Waals surface area contributed by atoms with Crippen molar-refractivity contribution in [2.24, 2.45) is 0 Å². The normalized spacial score (nSPS) is 11.2. The number of carbonyl (C=O) groups is 1. The van der Waals surface area contributed by atoms with Gasteiger partial charge in [-0.3, -0.25) is 14.9 Å². The van der Waals surface area contributed by atoms with Crippen molar-refractivity contribution < 1.29 is 27.6 Å². The maximum absolute atomic E-state index is 12.6. The van der Waals surface area contributed by atoms with E-state index in [4.69, 9.17) is 16.3 Å². The zero-order valence-electron chi connectivity index (χ0n) is 14.2. The summed E-state index contributed by atoms with van der Waals surface area (Å²) in [6.45, 7) is 2.04. The summed E-state index contributed by atoms with van der Waals surface area (Å²) in [6, 6.07) is 4.69. The predicted molar refractivity (Wildman–Crippen MR) is 97.9 cm³/mol. The molecule has 0 fully saturated rings. The number of nitrogens with one attached hydrogen (secondary N) is 1. The minimum atomic E-state index is -4.58. The summed E-state index contributed by atoms with van der Waals surface area (Å²) in [5.74, 6) is -0.597. The quantitative estimate of drug-likeness (QED) is 0.381. The molecule has 1 aromatic heterocycles. The Morgan fingerprint density at radius 2 is 2.11 bits per heavy atom. The molecule has 28 heavy (non-hydrogen) atoms. The molecule has 150 valence electrons. The van der Waals surface area contributed by atoms with E-state index in [0.717, 1.165) is 11.8 Å². The zero-order valence-corrected chi connectivity index (χ0v) is 15.8. The monoisotopic (exact) mass is 435 g/mol. The highest BCUT2D eigenvalue weighted by Gasteiger charge is 2.31. The van der Waals surface area contributed by atoms with Crippen molar-refractivity contribution in [1.82, 2.24) is 4.98 Å². The van der Waals surface area contributed by atoms with Crippen LogP contribution in [0.5, 0.6) is 5.75 Å². The first kappa shape index (κ1) is 21.8. The van der Waals surface area contributed by atoms with E-state index in [1.54, 1.807) is 6.92 Å². The summed E-state index contributed by atoms with van der Waals surface area (Å²) in [5.41, 5.74) is -1.39. The fourth-order valence-corrected chi connectivity index (χ4v) is 3.03. The van der Waals surface area contributed by atoms with E-state index < -0.39 is 22.6 Å². The maximum Gasteiger partial charge on any atom is 0.417 e. The van der Waals surface area contributed by atoms with Crippen LogP contribution in [0, 0.1) is 10.1 Å². The molecule has 0 aliphatic rings. The molecule has 7 nitrogen and oxygen atoms in total. The van der Waals surface area contributed by atoms with Crippen LogP contribution in [0.2, 0.25) is 5.02 Å². The molecule has 1 N–H and O–H groups in total. The molecule has 0 radical (unpaired) electrons. The van der Waals surface area contributed by atoms with Gasteiger partial charge in [-0.05, 0) is 25.1 Å². The van der Waals surface area contributed by atoms with E-state index in [0.29, 0.717) is 18.9 Å². The van der Waals surface area contributed by atoms with Crippen LogP contribution in [0.3, 0.4) is 0 Å². The summed E-state index contributed by atoms with van der Waals surface area (Å²) >= 11 is 6.58. The van der Waals surface area contributed by atoms with Gasteiger partial charge in [0.15, 0.2) is 0 Å². The number of halogens is 4. The highest BCUT2D eigenvalue weighted by atomic mass is 35.5. The van der Waals surface area contributed by atoms with Gasteiger partial charge in [0.1, 0.15) is 16.5 Å². The van der Waals surface area contributed by atoms with E-state index in [1.165, 1.54) is 18.2 Å². The molecule has 0 spiro atoms. The molecule has 0 aliphatic heterocycles. The first-order valence-electron chi connectivity index (χ1n) is 7.68. The average Bonchev–Trinajstić information content (AvgIpc) is 2.61. The fourth-order valence-electron chi connectivity index (χ4n) is 2.03. The lowest BCUT2D eigenvalue weighted by molar-refractivity contribution is -0.384. The van der Waals surface area contributed by atoms with Crippen molar-refractivity contribution in [1.29, 1.82) is 0 Å². The Hall–Kier alpha value is -2.53. The lowest BCUT2D eigenvalue weighted by Gasteiger charge is -2.10. The van der Waals surface area contributed by atoms with E-state index in [2.05, 4.69) is 10.3 Å². The Kier molecular flexibility index (Phi) is 7.08. The Labute approximate surface area is 166 Å². The molecule has 0 bridgehead atoms. The Morgan fingerprint density at radius 1 is 1.39 bits per heavy atom. The number of anilines is 1. The van der Waals surface area contributed by atoms with Crippen LogP contribution in [-0.2, 0) is 11.0 Å². The molecule has 2 rings (SSSR count). The number of hydrogen-bond acceptors (Lipinski definition) is 6. The third-order valence-electron chi connectivity index (χ3n) is 3.23. The lowest BCUT2D eigenvalue weighted by atomic mass is 10.2. The number of benzene rings is 1. The van der Waals surface area contributed by atoms with Crippen molar-refractivity contribution in [2.75, 3.05) is 17.7 Å². The number of nitro benzene ring substituents is 1. The maximum atomic E-state index is 12.6. The third kappa shape index (κ3) is 5.73. The van der Waals surface area contributed by atoms with Crippen LogP contribution in [0.1, 0.15) is 12.5 Å². The molecule has 2 aromatic rings. The molecular weight excluding hydrogens is 423 g/mol. The molecular formula is C16H13ClF3N3O4S. The number of ether oxygens (including phenoxy) is 1. The van der Waals surface area contributed by atoms with Crippen LogP contribution in [-0.4, -0.2) is 28.2 Å². The van der Waals surface area contributed by atoms with E-state index in [1.807, 2.05) is 0 Å². The minimum absolute atomic E-state index is 0.0333. The number of amides is 1. The lowest BCUT2D eigenvalue weighted by Crippen LogP contribution is -2.15. The number of thioether (sulfide) groups is 1. The van der Waals surface area contributed by atoms with Crippen LogP contribution in [0.25, 0.3) is 0 Å². The van der Waals surface area contributed by atoms with E-state index in [9.17, 15) is 28.1 Å². The summed E-state index contributed by atoms with van der Waals surface area (Å²) in [5, 5.41) is 13.3. The van der Waals surface area contributed by atoms with Gasteiger partial charge in [0.05, 0.1) is 33.9 Å². The van der Waals surface area contributed by atoms with Crippen molar-refractivity contribution in [3.63, 3.8) is 0 Å². The van der Waals surface area contributed by atoms with Gasteiger partial charge in [-0.2, -0.15) is 13.2 Å². The molecule has 12 heteroatoms. The SMILES string of the molecule is CCOc1ccc(NC(=O)CSc2ncc(C(F)(F)F)cc2Cl)c([N+](=O)[O-])c1. The van der Waals surface area contributed by atoms with Gasteiger partial charge in [-0.25, -0.2) is 4.98 Å². The van der Waals surface area contributed by atoms with Crippen molar-refractivity contribution in [3.8, 4) is 5.75 Å². The Bertz CT molecular complexity index is 896. The van der Waals surface area contributed by atoms with Crippen molar-refractivity contribution in [2.45, 2.75) is 18.1 Å². The predicted octanol–water partition coefficient (Wildman–Crippen LogP) is 4.79. The van der Waals surface area contributed by atoms with Crippen LogP contribution < -0.4 is 10.1 Å². The van der Waals surface area contributed by atoms with Gasteiger partial charge < -0.3 is 10.1 Å². The second kappa shape index (κ2) is 9.11. The first-order chi connectivity index (χ1) is 13.1. The third-order valence-corrected chi connectivity index (χ3v) is 4.63. The molecule has 0 atom stereocenters. The average molecular weight is 436 g/mol. The molecule has 0 saturated carbocycles. The number of hydrogen-bond donors (Lipinski definition) is 1. The van der Waals surface area contributed by atoms with Crippen molar-refractivity contribution in [3.05, 3.63) is 51.2 Å². The van der Waals surface area contributed by atoms with E-state index in [-0.39, 0.29) is 32.9 Å². The number of alkyl halides is 3. The Morgan fingerprint density at radius 3 is 2.68 bits per heavy atom. The van der Waals surface area contributed by atoms with Crippen molar-refractivity contribution >= 4 is 40.6 Å². The summed E-state index contributed by atoms with van der Waals surface area (Å²) in [7, 11) is 0. The van der Waals surface area contributed by atoms with Crippen LogP contribution in [0.4, 0.5) is 24.5 Å². The summed E-state index contributed by atoms with van der Waals surface area (Å²) in [6.07, 6.45) is -3.97. The summed E-state index contributed by atoms with van der Waals surface area (Å²) in [4.78, 5) is 26.2. The highest BCUT2D eigenvalue weighted by Crippen LogP contribution is 2.34. The van der Waals surface area contributed by atoms with Gasteiger partial charge >= 0.3 is 6.18 Å². The van der Waals surface area contributed by atoms with Crippen LogP contribution in [0.15, 0.2) is 35.5 Å². The summed E-state index contributed by atoms with van der Waals surface area (Å²) < 4.78 is 43.0. The number of pyridine rings is 1. The van der Waals surface area contributed by atoms with E-state index >= 15 is 0 Å². The number of aromatic nitrogens is 1. The highest BCUT2D eigenvalue weighted by molar-refractivity contribution is 8.00. The topological polar surface area (TPSA) is 94.4 Å². The molecule has 0 saturated heterocycles. The number of nitrogens with zero attached hydrogens (tertiary/aromatic N) is 2. The molecule has 1 aromatic carbocycles. The smallest absolute Gasteiger partial charge is 0.417 e. The zero-order chi connectivity index (χ0) is 20.9. The second-order valence-electron chi connectivity index (χ2n) is 5.21. The number of nitro groups is 1. The van der Waals surface area contributed by atoms with Gasteiger partial charge in [-0.1, -0.05) is 23.4 Å². The minimum Gasteiger partial charge on any atom is -0.494 e.